The number of carbonyl (C=O) groups is 1. The second kappa shape index (κ2) is 11.7. The SMILES string of the molecule is CNC(=O)c1ccc(NCC#Cc2nc3c(N[C@@H]4CN(C)C[C@@H]4F)cccn3c2SC(F)F)c(OC)c1. The molecule has 0 bridgehead atoms. The molecule has 3 heterocycles. The molecule has 8 nitrogen and oxygen atoms in total. The number of halogens is 3. The number of likely N-dealkylation sites (tertiary alicyclic amines) is 1. The topological polar surface area (TPSA) is 82.9 Å². The molecule has 1 saturated heterocycles. The van der Waals surface area contributed by atoms with E-state index in [1.54, 1.807) is 48.0 Å². The highest BCUT2D eigenvalue weighted by molar-refractivity contribution is 7.99. The molecule has 1 aliphatic rings. The summed E-state index contributed by atoms with van der Waals surface area (Å²) in [6.07, 6.45) is 0.580. The third-order valence-electron chi connectivity index (χ3n) is 5.84. The number of benzene rings is 1. The molecule has 2 atom stereocenters. The fourth-order valence-electron chi connectivity index (χ4n) is 4.11. The van der Waals surface area contributed by atoms with E-state index in [2.05, 4.69) is 32.8 Å². The number of nitrogens with one attached hydrogen (secondary N) is 3. The molecule has 0 radical (unpaired) electrons. The Morgan fingerprint density at radius 2 is 2.11 bits per heavy atom. The van der Waals surface area contributed by atoms with Gasteiger partial charge in [0.05, 0.1) is 31.1 Å². The molecule has 0 unspecified atom stereocenters. The number of carbonyl (C=O) groups excluding carboxylic acids is 1. The van der Waals surface area contributed by atoms with Crippen molar-refractivity contribution in [2.75, 3.05) is 51.5 Å². The number of imidazole rings is 1. The molecule has 2 aromatic heterocycles. The molecule has 0 saturated carbocycles. The summed E-state index contributed by atoms with van der Waals surface area (Å²) in [5.74, 6) is 3.34. The van der Waals surface area contributed by atoms with E-state index in [9.17, 15) is 18.0 Å². The maximum Gasteiger partial charge on any atom is 0.290 e. The van der Waals surface area contributed by atoms with Crippen LogP contribution < -0.4 is 20.7 Å². The van der Waals surface area contributed by atoms with Crippen LogP contribution in [0.4, 0.5) is 24.5 Å². The van der Waals surface area contributed by atoms with Gasteiger partial charge in [-0.3, -0.25) is 9.20 Å². The normalized spacial score (nSPS) is 17.5. The Balaban J connectivity index is 1.57. The molecular weight excluding hydrogens is 505 g/mol. The Kier molecular flexibility index (Phi) is 8.35. The standard InChI is InChI=1S/C25H27F3N6O2S/c1-29-23(35)15-8-9-17(21(12-15)36-3)30-10-4-6-19-24(37-25(27)28)34-11-5-7-18(22(34)32-19)31-20-14-33(2)13-16(20)26/h5,7-9,11-12,16,20,25,30-31H,10,13-14H2,1-3H3,(H,29,35)/t16-,20+/m0/s1. The second-order valence-electron chi connectivity index (χ2n) is 8.40. The molecule has 1 fully saturated rings. The van der Waals surface area contributed by atoms with Crippen LogP contribution in [0, 0.1) is 11.8 Å². The van der Waals surface area contributed by atoms with E-state index in [1.165, 1.54) is 7.11 Å². The van der Waals surface area contributed by atoms with Crippen LogP contribution in [0.2, 0.25) is 0 Å². The number of likely N-dealkylation sites (N-methyl/N-ethyl adjacent to an activating group) is 1. The fraction of sp³-hybridized carbons (Fsp3) is 0.360. The number of methoxy groups -OCH3 is 1. The lowest BCUT2D eigenvalue weighted by Gasteiger charge is -2.16. The minimum atomic E-state index is -2.67. The van der Waals surface area contributed by atoms with E-state index in [-0.39, 0.29) is 23.2 Å². The zero-order valence-corrected chi connectivity index (χ0v) is 21.3. The van der Waals surface area contributed by atoms with Crippen LogP contribution in [0.1, 0.15) is 16.1 Å². The third kappa shape index (κ3) is 6.06. The Bertz CT molecular complexity index is 1340. The summed E-state index contributed by atoms with van der Waals surface area (Å²) >= 11 is 0.357. The van der Waals surface area contributed by atoms with Crippen LogP contribution in [-0.2, 0) is 0 Å². The zero-order valence-electron chi connectivity index (χ0n) is 20.5. The Hall–Kier alpha value is -3.56. The highest BCUT2D eigenvalue weighted by Gasteiger charge is 2.31. The van der Waals surface area contributed by atoms with Crippen LogP contribution in [0.15, 0.2) is 41.6 Å². The van der Waals surface area contributed by atoms with Crippen LogP contribution in [0.3, 0.4) is 0 Å². The van der Waals surface area contributed by atoms with E-state index in [0.717, 1.165) is 0 Å². The van der Waals surface area contributed by atoms with Crippen LogP contribution in [0.5, 0.6) is 5.75 Å². The fourth-order valence-corrected chi connectivity index (χ4v) is 4.75. The molecule has 37 heavy (non-hydrogen) atoms. The van der Waals surface area contributed by atoms with Gasteiger partial charge in [-0.15, -0.1) is 0 Å². The van der Waals surface area contributed by atoms with Gasteiger partial charge in [-0.25, -0.2) is 9.37 Å². The lowest BCUT2D eigenvalue weighted by Crippen LogP contribution is -2.29. The first-order chi connectivity index (χ1) is 17.8. The van der Waals surface area contributed by atoms with Crippen molar-refractivity contribution in [3.8, 4) is 17.6 Å². The molecular formula is C25H27F3N6O2S. The molecule has 1 amide bonds. The number of pyridine rings is 1. The monoisotopic (exact) mass is 532 g/mol. The van der Waals surface area contributed by atoms with E-state index in [0.29, 0.717) is 53.2 Å². The van der Waals surface area contributed by atoms with E-state index < -0.39 is 18.0 Å². The lowest BCUT2D eigenvalue weighted by molar-refractivity contribution is 0.0962. The van der Waals surface area contributed by atoms with E-state index >= 15 is 0 Å². The highest BCUT2D eigenvalue weighted by Crippen LogP contribution is 2.32. The van der Waals surface area contributed by atoms with Gasteiger partial charge in [-0.2, -0.15) is 8.78 Å². The Morgan fingerprint density at radius 3 is 2.78 bits per heavy atom. The number of aromatic nitrogens is 2. The molecule has 196 valence electrons. The largest absolute Gasteiger partial charge is 0.495 e. The summed E-state index contributed by atoms with van der Waals surface area (Å²) in [6.45, 7) is 1.02. The predicted octanol–water partition coefficient (Wildman–Crippen LogP) is 3.54. The van der Waals surface area contributed by atoms with Gasteiger partial charge >= 0.3 is 0 Å². The Morgan fingerprint density at radius 1 is 1.30 bits per heavy atom. The quantitative estimate of drug-likeness (QED) is 0.302. The number of hydrogen-bond acceptors (Lipinski definition) is 7. The Labute approximate surface area is 217 Å². The van der Waals surface area contributed by atoms with Crippen molar-refractivity contribution in [2.45, 2.75) is 23.0 Å². The van der Waals surface area contributed by atoms with Gasteiger partial charge in [0.25, 0.3) is 11.7 Å². The summed E-state index contributed by atoms with van der Waals surface area (Å²) in [7, 11) is 4.88. The number of ether oxygens (including phenoxy) is 1. The first kappa shape index (κ1) is 26.5. The van der Waals surface area contributed by atoms with Crippen molar-refractivity contribution in [3.63, 3.8) is 0 Å². The van der Waals surface area contributed by atoms with E-state index in [1.807, 2.05) is 11.9 Å². The number of amides is 1. The molecule has 12 heteroatoms. The first-order valence-electron chi connectivity index (χ1n) is 11.5. The number of nitrogens with zero attached hydrogens (tertiary/aromatic N) is 3. The molecule has 1 aliphatic heterocycles. The number of anilines is 2. The maximum atomic E-state index is 14.4. The van der Waals surface area contributed by atoms with Crippen LogP contribution in [-0.4, -0.2) is 79.0 Å². The molecule has 1 aromatic carbocycles. The summed E-state index contributed by atoms with van der Waals surface area (Å²) in [4.78, 5) is 18.2. The second-order valence-corrected chi connectivity index (χ2v) is 9.38. The van der Waals surface area contributed by atoms with Gasteiger partial charge < -0.3 is 25.6 Å². The van der Waals surface area contributed by atoms with Gasteiger partial charge in [-0.1, -0.05) is 5.92 Å². The van der Waals surface area contributed by atoms with E-state index in [4.69, 9.17) is 4.74 Å². The van der Waals surface area contributed by atoms with Gasteiger partial charge in [-0.05, 0) is 55.1 Å². The van der Waals surface area contributed by atoms with Crippen LogP contribution >= 0.6 is 11.8 Å². The molecule has 4 rings (SSSR count). The zero-order chi connectivity index (χ0) is 26.5. The molecule has 3 N–H and O–H groups in total. The average Bonchev–Trinajstić information content (AvgIpc) is 3.39. The third-order valence-corrected chi connectivity index (χ3v) is 6.64. The van der Waals surface area contributed by atoms with Gasteiger partial charge in [0.2, 0.25) is 0 Å². The highest BCUT2D eigenvalue weighted by atomic mass is 32.2. The van der Waals surface area contributed by atoms with Crippen molar-refractivity contribution in [1.82, 2.24) is 19.6 Å². The molecule has 0 spiro atoms. The van der Waals surface area contributed by atoms with Crippen molar-refractivity contribution in [2.24, 2.45) is 0 Å². The minimum absolute atomic E-state index is 0.172. The van der Waals surface area contributed by atoms with Crippen molar-refractivity contribution in [1.29, 1.82) is 0 Å². The van der Waals surface area contributed by atoms with Crippen molar-refractivity contribution < 1.29 is 22.7 Å². The molecule has 3 aromatic rings. The number of hydrogen-bond donors (Lipinski definition) is 3. The first-order valence-corrected chi connectivity index (χ1v) is 12.4. The summed E-state index contributed by atoms with van der Waals surface area (Å²) in [6, 6.07) is 7.97. The lowest BCUT2D eigenvalue weighted by atomic mass is 10.1. The smallest absolute Gasteiger partial charge is 0.290 e. The summed E-state index contributed by atoms with van der Waals surface area (Å²) in [5.41, 5.74) is 2.21. The van der Waals surface area contributed by atoms with Crippen molar-refractivity contribution in [3.05, 3.63) is 47.8 Å². The van der Waals surface area contributed by atoms with Crippen molar-refractivity contribution >= 4 is 34.7 Å². The number of fused-ring (bicyclic) bond motifs is 1. The number of alkyl halides is 3. The maximum absolute atomic E-state index is 14.4. The summed E-state index contributed by atoms with van der Waals surface area (Å²) < 4.78 is 48.0. The van der Waals surface area contributed by atoms with Gasteiger partial charge in [0.1, 0.15) is 22.6 Å². The molecule has 0 aliphatic carbocycles. The van der Waals surface area contributed by atoms with Crippen LogP contribution in [0.25, 0.3) is 5.65 Å². The van der Waals surface area contributed by atoms with Gasteiger partial charge in [0, 0.05) is 31.9 Å². The summed E-state index contributed by atoms with van der Waals surface area (Å²) in [5, 5.41) is 9.04. The predicted molar refractivity (Wildman–Crippen MR) is 139 cm³/mol. The number of rotatable bonds is 8. The minimum Gasteiger partial charge on any atom is -0.495 e. The number of thioether (sulfide) groups is 1. The van der Waals surface area contributed by atoms with Gasteiger partial charge in [0.15, 0.2) is 5.65 Å². The average molecular weight is 533 g/mol.